The van der Waals surface area contributed by atoms with Crippen LogP contribution < -0.4 is 0 Å². The number of benzene rings is 1. The van der Waals surface area contributed by atoms with Crippen LogP contribution in [-0.4, -0.2) is 56.9 Å². The van der Waals surface area contributed by atoms with Crippen molar-refractivity contribution in [1.82, 2.24) is 14.5 Å². The van der Waals surface area contributed by atoms with Gasteiger partial charge in [0.05, 0.1) is 5.52 Å². The van der Waals surface area contributed by atoms with Crippen molar-refractivity contribution in [2.75, 3.05) is 13.2 Å². The number of fused-ring (bicyclic) bond motifs is 1. The van der Waals surface area contributed by atoms with Gasteiger partial charge in [0, 0.05) is 30.4 Å². The maximum atomic E-state index is 12.3. The Morgan fingerprint density at radius 1 is 1.19 bits per heavy atom. The molecule has 1 N–H and O–H groups in total. The van der Waals surface area contributed by atoms with Crippen LogP contribution in [0.15, 0.2) is 54.7 Å². The Morgan fingerprint density at radius 2 is 1.88 bits per heavy atom. The fourth-order valence-corrected chi connectivity index (χ4v) is 3.19. The maximum Gasteiger partial charge on any atom is 0.490 e. The number of hydrogen-bond acceptors (Lipinski definition) is 5. The van der Waals surface area contributed by atoms with Crippen LogP contribution in [0.4, 0.5) is 13.2 Å². The predicted molar refractivity (Wildman–Crippen MR) is 109 cm³/mol. The van der Waals surface area contributed by atoms with Gasteiger partial charge in [0.25, 0.3) is 0 Å². The van der Waals surface area contributed by atoms with E-state index in [4.69, 9.17) is 26.2 Å². The molecule has 32 heavy (non-hydrogen) atoms. The van der Waals surface area contributed by atoms with Gasteiger partial charge in [-0.1, -0.05) is 41.9 Å². The van der Waals surface area contributed by atoms with Gasteiger partial charge in [-0.25, -0.2) is 14.1 Å². The summed E-state index contributed by atoms with van der Waals surface area (Å²) in [4.78, 5) is 23.5. The van der Waals surface area contributed by atoms with E-state index < -0.39 is 18.1 Å². The van der Waals surface area contributed by atoms with Gasteiger partial charge in [0.2, 0.25) is 0 Å². The van der Waals surface area contributed by atoms with Crippen molar-refractivity contribution in [2.45, 2.75) is 25.2 Å². The quantitative estimate of drug-likeness (QED) is 0.567. The van der Waals surface area contributed by atoms with Crippen LogP contribution in [0.3, 0.4) is 0 Å². The second-order valence-corrected chi connectivity index (χ2v) is 7.48. The topological polar surface area (TPSA) is 84.1 Å². The number of esters is 1. The van der Waals surface area contributed by atoms with Gasteiger partial charge < -0.3 is 9.84 Å². The molecule has 3 aromatic rings. The van der Waals surface area contributed by atoms with E-state index >= 15 is 0 Å². The molecule has 11 heteroatoms. The van der Waals surface area contributed by atoms with E-state index in [1.807, 2.05) is 18.2 Å². The number of aromatic nitrogens is 2. The average molecular weight is 470 g/mol. The summed E-state index contributed by atoms with van der Waals surface area (Å²) in [7, 11) is 0. The number of pyridine rings is 1. The van der Waals surface area contributed by atoms with Crippen molar-refractivity contribution >= 4 is 29.1 Å². The summed E-state index contributed by atoms with van der Waals surface area (Å²) in [6, 6.07) is 15.8. The molecule has 1 unspecified atom stereocenters. The molecule has 1 aliphatic rings. The van der Waals surface area contributed by atoms with E-state index in [1.54, 1.807) is 28.9 Å². The third-order valence-corrected chi connectivity index (χ3v) is 5.01. The zero-order valence-electron chi connectivity index (χ0n) is 16.6. The molecule has 4 rings (SSSR count). The molecule has 2 aromatic heterocycles. The number of ether oxygens (including phenoxy) is 1. The third-order valence-electron chi connectivity index (χ3n) is 4.78. The summed E-state index contributed by atoms with van der Waals surface area (Å²) in [6.07, 6.45) is -2.32. The van der Waals surface area contributed by atoms with Crippen LogP contribution in [0.5, 0.6) is 0 Å². The van der Waals surface area contributed by atoms with Crippen molar-refractivity contribution in [2.24, 2.45) is 0 Å². The van der Waals surface area contributed by atoms with Crippen molar-refractivity contribution < 1.29 is 32.6 Å². The van der Waals surface area contributed by atoms with Crippen LogP contribution in [0.1, 0.15) is 22.5 Å². The summed E-state index contributed by atoms with van der Waals surface area (Å²) in [6.45, 7) is 2.31. The number of carbonyl (C=O) groups is 2. The van der Waals surface area contributed by atoms with Crippen molar-refractivity contribution in [3.8, 4) is 0 Å². The lowest BCUT2D eigenvalue weighted by Gasteiger charge is -2.40. The highest BCUT2D eigenvalue weighted by Crippen LogP contribution is 2.21. The zero-order chi connectivity index (χ0) is 23.3. The highest BCUT2D eigenvalue weighted by Gasteiger charge is 2.38. The van der Waals surface area contributed by atoms with E-state index in [1.165, 1.54) is 5.56 Å². The summed E-state index contributed by atoms with van der Waals surface area (Å²) in [5, 5.41) is 12.0. The van der Waals surface area contributed by atoms with Crippen LogP contribution in [-0.2, 0) is 16.1 Å². The molecular weight excluding hydrogens is 451 g/mol. The largest absolute Gasteiger partial charge is 0.490 e. The van der Waals surface area contributed by atoms with E-state index in [-0.39, 0.29) is 6.04 Å². The van der Waals surface area contributed by atoms with Gasteiger partial charge in [-0.3, -0.25) is 4.90 Å². The number of rotatable bonds is 5. The minimum absolute atomic E-state index is 0.274. The van der Waals surface area contributed by atoms with Crippen molar-refractivity contribution in [1.29, 1.82) is 0 Å². The number of hydrogen-bond donors (Lipinski definition) is 1. The Bertz CT molecular complexity index is 1090. The fraction of sp³-hybridized carbons (Fsp3) is 0.286. The highest BCUT2D eigenvalue weighted by molar-refractivity contribution is 6.30. The van der Waals surface area contributed by atoms with Gasteiger partial charge in [0.15, 0.2) is 5.69 Å². The van der Waals surface area contributed by atoms with Crippen molar-refractivity contribution in [3.63, 3.8) is 0 Å². The smallest absolute Gasteiger partial charge is 0.475 e. The molecule has 0 aliphatic carbocycles. The van der Waals surface area contributed by atoms with Crippen molar-refractivity contribution in [3.05, 3.63) is 71.0 Å². The molecule has 1 saturated heterocycles. The molecule has 0 saturated carbocycles. The molecule has 170 valence electrons. The molecule has 0 amide bonds. The second kappa shape index (κ2) is 10.0. The molecule has 1 fully saturated rings. The van der Waals surface area contributed by atoms with Gasteiger partial charge >= 0.3 is 18.1 Å². The molecule has 7 nitrogen and oxygen atoms in total. The molecule has 1 aromatic carbocycles. The molecule has 1 atom stereocenters. The molecule has 0 spiro atoms. The Morgan fingerprint density at radius 3 is 2.47 bits per heavy atom. The third kappa shape index (κ3) is 6.21. The fourth-order valence-electron chi connectivity index (χ4n) is 3.02. The lowest BCUT2D eigenvalue weighted by atomic mass is 10.0. The van der Waals surface area contributed by atoms with Crippen LogP contribution >= 0.6 is 11.6 Å². The molecule has 0 radical (unpaired) electrons. The molecular formula is C21H19ClF3N3O4. The van der Waals surface area contributed by atoms with E-state index in [9.17, 15) is 18.0 Å². The first kappa shape index (κ1) is 23.6. The van der Waals surface area contributed by atoms with E-state index in [0.717, 1.165) is 25.0 Å². The normalized spacial score (nSPS) is 16.1. The summed E-state index contributed by atoms with van der Waals surface area (Å²) >= 11 is 5.96. The second-order valence-electron chi connectivity index (χ2n) is 7.04. The average Bonchev–Trinajstić information content (AvgIpc) is 3.15. The number of carbonyl (C=O) groups excluding carboxylic acids is 1. The minimum atomic E-state index is -5.08. The number of halogens is 4. The van der Waals surface area contributed by atoms with E-state index in [0.29, 0.717) is 17.3 Å². The lowest BCUT2D eigenvalue weighted by molar-refractivity contribution is -0.192. The van der Waals surface area contributed by atoms with Gasteiger partial charge in [-0.2, -0.15) is 18.3 Å². The number of likely N-dealkylation sites (tertiary alicyclic amines) is 1. The zero-order valence-corrected chi connectivity index (χ0v) is 17.4. The van der Waals surface area contributed by atoms with Crippen LogP contribution in [0, 0.1) is 0 Å². The van der Waals surface area contributed by atoms with Gasteiger partial charge in [-0.05, 0) is 30.2 Å². The standard InChI is InChI=1S/C19H18ClN3O2.C2HF3O2/c20-15-6-9-23-17(10-15)11-18(21-23)19(24)25-13-16-7-8-22(16)12-14-4-2-1-3-5-14;3-2(4,5)1(6)7/h1-6,9-11,16H,7-8,12-13H2;(H,6,7). The number of carboxylic acids is 1. The summed E-state index contributed by atoms with van der Waals surface area (Å²) in [5.41, 5.74) is 2.35. The number of nitrogens with zero attached hydrogens (tertiary/aromatic N) is 3. The monoisotopic (exact) mass is 469 g/mol. The number of carboxylic acid groups (broad SMARTS) is 1. The van der Waals surface area contributed by atoms with E-state index in [2.05, 4.69) is 22.1 Å². The first-order valence-corrected chi connectivity index (χ1v) is 9.91. The van der Waals surface area contributed by atoms with Gasteiger partial charge in [0.1, 0.15) is 6.61 Å². The number of alkyl halides is 3. The first-order chi connectivity index (χ1) is 15.1. The Kier molecular flexibility index (Phi) is 7.37. The Hall–Kier alpha value is -3.11. The Balaban J connectivity index is 0.000000360. The minimum Gasteiger partial charge on any atom is -0.475 e. The van der Waals surface area contributed by atoms with Crippen LogP contribution in [0.25, 0.3) is 5.52 Å². The highest BCUT2D eigenvalue weighted by atomic mass is 35.5. The SMILES string of the molecule is O=C(O)C(F)(F)F.O=C(OCC1CCN1Cc1ccccc1)c1cc2cc(Cl)ccn2n1. The maximum absolute atomic E-state index is 12.3. The first-order valence-electron chi connectivity index (χ1n) is 9.53. The summed E-state index contributed by atoms with van der Waals surface area (Å²) in [5.74, 6) is -3.15. The van der Waals surface area contributed by atoms with Crippen LogP contribution in [0.2, 0.25) is 5.02 Å². The number of aliphatic carboxylic acids is 1. The molecule has 3 heterocycles. The summed E-state index contributed by atoms with van der Waals surface area (Å²) < 4.78 is 38.8. The molecule has 1 aliphatic heterocycles. The predicted octanol–water partition coefficient (Wildman–Crippen LogP) is 4.05. The lowest BCUT2D eigenvalue weighted by Crippen LogP contribution is -2.49. The Labute approximate surface area is 186 Å². The van der Waals surface area contributed by atoms with Gasteiger partial charge in [-0.15, -0.1) is 0 Å². The molecule has 0 bridgehead atoms.